The van der Waals surface area contributed by atoms with E-state index in [1.807, 2.05) is 0 Å². The van der Waals surface area contributed by atoms with Crippen molar-refractivity contribution < 1.29 is 8.42 Å². The van der Waals surface area contributed by atoms with Crippen molar-refractivity contribution in [2.45, 2.75) is 53.0 Å². The van der Waals surface area contributed by atoms with Crippen LogP contribution in [0.4, 0.5) is 0 Å². The summed E-state index contributed by atoms with van der Waals surface area (Å²) in [5, 5.41) is 0. The minimum atomic E-state index is -3.34. The van der Waals surface area contributed by atoms with E-state index in [1.54, 1.807) is 8.61 Å². The number of rotatable bonds is 8. The fourth-order valence-electron chi connectivity index (χ4n) is 2.27. The van der Waals surface area contributed by atoms with E-state index in [0.29, 0.717) is 38.0 Å². The second-order valence-corrected chi connectivity index (χ2v) is 8.61. The van der Waals surface area contributed by atoms with E-state index in [0.717, 1.165) is 19.3 Å². The highest BCUT2D eigenvalue weighted by Crippen LogP contribution is 2.18. The summed E-state index contributed by atoms with van der Waals surface area (Å²) in [5.41, 5.74) is 5.84. The average molecular weight is 342 g/mol. The summed E-state index contributed by atoms with van der Waals surface area (Å²) < 4.78 is 28.6. The zero-order valence-electron chi connectivity index (χ0n) is 13.8. The quantitative estimate of drug-likeness (QED) is 0.735. The van der Waals surface area contributed by atoms with Crippen LogP contribution >= 0.6 is 12.4 Å². The lowest BCUT2D eigenvalue weighted by Gasteiger charge is -2.28. The van der Waals surface area contributed by atoms with Crippen LogP contribution in [0.5, 0.6) is 0 Å². The van der Waals surface area contributed by atoms with Gasteiger partial charge in [-0.25, -0.2) is 0 Å². The average Bonchev–Trinajstić information content (AvgIpc) is 2.75. The summed E-state index contributed by atoms with van der Waals surface area (Å²) in [4.78, 5) is 0. The number of halogens is 1. The van der Waals surface area contributed by atoms with Crippen molar-refractivity contribution in [3.05, 3.63) is 0 Å². The molecule has 1 aliphatic rings. The second kappa shape index (κ2) is 9.30. The van der Waals surface area contributed by atoms with Gasteiger partial charge < -0.3 is 5.73 Å². The summed E-state index contributed by atoms with van der Waals surface area (Å²) in [7, 11) is -3.34. The van der Waals surface area contributed by atoms with Gasteiger partial charge in [0.25, 0.3) is 10.2 Å². The molecule has 21 heavy (non-hydrogen) atoms. The normalized spacial score (nSPS) is 20.5. The molecule has 1 rings (SSSR count). The highest BCUT2D eigenvalue weighted by Gasteiger charge is 2.34. The molecule has 0 amide bonds. The SMILES string of the molecule is CC(C)CCN(CCC(C)C)S(=O)(=O)N1CC[C@@H](N)C1.Cl. The molecule has 0 aromatic rings. The molecule has 0 aromatic carbocycles. The molecule has 1 fully saturated rings. The van der Waals surface area contributed by atoms with Crippen molar-refractivity contribution in [1.29, 1.82) is 0 Å². The van der Waals surface area contributed by atoms with Crippen molar-refractivity contribution in [1.82, 2.24) is 8.61 Å². The molecule has 0 bridgehead atoms. The first-order valence-corrected chi connectivity index (χ1v) is 9.14. The largest absolute Gasteiger partial charge is 0.326 e. The number of hydrogen-bond acceptors (Lipinski definition) is 3. The molecule has 7 heteroatoms. The van der Waals surface area contributed by atoms with Crippen LogP contribution in [0.1, 0.15) is 47.0 Å². The van der Waals surface area contributed by atoms with Gasteiger partial charge in [0.2, 0.25) is 0 Å². The molecule has 0 aliphatic carbocycles. The Labute approximate surface area is 136 Å². The first-order valence-electron chi connectivity index (χ1n) is 7.74. The number of nitrogens with two attached hydrogens (primary N) is 1. The molecular weight excluding hydrogens is 310 g/mol. The van der Waals surface area contributed by atoms with Gasteiger partial charge in [-0.2, -0.15) is 17.0 Å². The Hall–Kier alpha value is 0.120. The molecule has 2 N–H and O–H groups in total. The maximum atomic E-state index is 12.7. The van der Waals surface area contributed by atoms with Gasteiger partial charge in [-0.15, -0.1) is 12.4 Å². The van der Waals surface area contributed by atoms with Gasteiger partial charge in [0.1, 0.15) is 0 Å². The Kier molecular flexibility index (Phi) is 9.36. The van der Waals surface area contributed by atoms with Gasteiger partial charge in [-0.3, -0.25) is 0 Å². The lowest BCUT2D eigenvalue weighted by molar-refractivity contribution is 0.325. The Balaban J connectivity index is 0.00000400. The predicted molar refractivity (Wildman–Crippen MR) is 90.8 cm³/mol. The van der Waals surface area contributed by atoms with Gasteiger partial charge in [-0.1, -0.05) is 27.7 Å². The first kappa shape index (κ1) is 21.1. The van der Waals surface area contributed by atoms with Crippen LogP contribution in [-0.2, 0) is 10.2 Å². The monoisotopic (exact) mass is 341 g/mol. The maximum Gasteiger partial charge on any atom is 0.282 e. The van der Waals surface area contributed by atoms with Gasteiger partial charge >= 0.3 is 0 Å². The van der Waals surface area contributed by atoms with Crippen molar-refractivity contribution in [2.75, 3.05) is 26.2 Å². The van der Waals surface area contributed by atoms with Crippen LogP contribution in [0.2, 0.25) is 0 Å². The van der Waals surface area contributed by atoms with Crippen LogP contribution in [0.3, 0.4) is 0 Å². The van der Waals surface area contributed by atoms with E-state index in [1.165, 1.54) is 0 Å². The fourth-order valence-corrected chi connectivity index (χ4v) is 3.99. The van der Waals surface area contributed by atoms with E-state index >= 15 is 0 Å². The van der Waals surface area contributed by atoms with Crippen LogP contribution < -0.4 is 5.73 Å². The Bertz CT molecular complexity index is 376. The van der Waals surface area contributed by atoms with Crippen molar-refractivity contribution in [3.63, 3.8) is 0 Å². The van der Waals surface area contributed by atoms with Crippen LogP contribution in [0, 0.1) is 11.8 Å². The third-order valence-corrected chi connectivity index (χ3v) is 5.75. The Morgan fingerprint density at radius 3 is 1.95 bits per heavy atom. The molecule has 0 saturated carbocycles. The molecule has 0 unspecified atom stereocenters. The van der Waals surface area contributed by atoms with Gasteiger partial charge in [0, 0.05) is 32.2 Å². The van der Waals surface area contributed by atoms with Crippen LogP contribution in [0.15, 0.2) is 0 Å². The standard InChI is InChI=1S/C14H31N3O2S.ClH/c1-12(2)5-8-16(9-6-13(3)4)20(18,19)17-10-7-14(15)11-17;/h12-14H,5-11,15H2,1-4H3;1H/t14-;/m1./s1. The van der Waals surface area contributed by atoms with Crippen LogP contribution in [-0.4, -0.2) is 49.2 Å². The molecule has 1 aliphatic heterocycles. The van der Waals surface area contributed by atoms with E-state index in [-0.39, 0.29) is 18.4 Å². The lowest BCUT2D eigenvalue weighted by atomic mass is 10.1. The molecule has 0 spiro atoms. The zero-order chi connectivity index (χ0) is 15.3. The zero-order valence-corrected chi connectivity index (χ0v) is 15.4. The minimum absolute atomic E-state index is 0. The van der Waals surface area contributed by atoms with E-state index in [2.05, 4.69) is 27.7 Å². The van der Waals surface area contributed by atoms with E-state index < -0.39 is 10.2 Å². The molecule has 0 aromatic heterocycles. The number of nitrogens with zero attached hydrogens (tertiary/aromatic N) is 2. The topological polar surface area (TPSA) is 66.6 Å². The summed E-state index contributed by atoms with van der Waals surface area (Å²) in [6.45, 7) is 10.7. The molecule has 1 atom stereocenters. The maximum absolute atomic E-state index is 12.7. The second-order valence-electron chi connectivity index (χ2n) is 6.68. The highest BCUT2D eigenvalue weighted by molar-refractivity contribution is 7.86. The molecular formula is C14H32ClN3O2S. The van der Waals surface area contributed by atoms with Gasteiger partial charge in [0.15, 0.2) is 0 Å². The summed E-state index contributed by atoms with van der Waals surface area (Å²) in [6.07, 6.45) is 2.57. The lowest BCUT2D eigenvalue weighted by Crippen LogP contribution is -2.45. The molecule has 128 valence electrons. The Morgan fingerprint density at radius 1 is 1.14 bits per heavy atom. The van der Waals surface area contributed by atoms with Crippen molar-refractivity contribution in [3.8, 4) is 0 Å². The summed E-state index contributed by atoms with van der Waals surface area (Å²) >= 11 is 0. The predicted octanol–water partition coefficient (Wildman–Crippen LogP) is 2.08. The number of hydrogen-bond donors (Lipinski definition) is 1. The fraction of sp³-hybridized carbons (Fsp3) is 1.00. The van der Waals surface area contributed by atoms with Crippen molar-refractivity contribution >= 4 is 22.6 Å². The van der Waals surface area contributed by atoms with Gasteiger partial charge in [-0.05, 0) is 31.1 Å². The summed E-state index contributed by atoms with van der Waals surface area (Å²) in [5.74, 6) is 1.01. The third-order valence-electron chi connectivity index (χ3n) is 3.75. The summed E-state index contributed by atoms with van der Waals surface area (Å²) in [6, 6.07) is -0.0122. The van der Waals surface area contributed by atoms with Gasteiger partial charge in [0.05, 0.1) is 0 Å². The third kappa shape index (κ3) is 6.82. The molecule has 1 saturated heterocycles. The van der Waals surface area contributed by atoms with Crippen molar-refractivity contribution in [2.24, 2.45) is 17.6 Å². The molecule has 0 radical (unpaired) electrons. The molecule has 1 heterocycles. The van der Waals surface area contributed by atoms with E-state index in [9.17, 15) is 8.42 Å². The highest BCUT2D eigenvalue weighted by atomic mass is 35.5. The first-order chi connectivity index (χ1) is 9.23. The van der Waals surface area contributed by atoms with E-state index in [4.69, 9.17) is 5.73 Å². The Morgan fingerprint density at radius 2 is 1.62 bits per heavy atom. The smallest absolute Gasteiger partial charge is 0.282 e. The minimum Gasteiger partial charge on any atom is -0.326 e. The molecule has 5 nitrogen and oxygen atoms in total. The van der Waals surface area contributed by atoms with Crippen LogP contribution in [0.25, 0.3) is 0 Å².